The van der Waals surface area contributed by atoms with Crippen molar-refractivity contribution in [1.29, 1.82) is 0 Å². The number of hydrogen-bond acceptors (Lipinski definition) is 2. The van der Waals surface area contributed by atoms with E-state index < -0.39 is 19.5 Å². The SMILES string of the molecule is COc1ccc(C[n+]2csc3ccccc32)cc1.[F][Sb-]([F])([F])([F])([F])[F]. The molecule has 0 amide bonds. The number of fused-ring (bicyclic) bond motifs is 1. The molecule has 0 saturated carbocycles. The van der Waals surface area contributed by atoms with Crippen LogP contribution in [0.2, 0.25) is 0 Å². The molecule has 138 valence electrons. The van der Waals surface area contributed by atoms with Crippen LogP contribution >= 0.6 is 11.3 Å². The maximum absolute atomic E-state index is 11.2. The number of aromatic nitrogens is 1. The van der Waals surface area contributed by atoms with Gasteiger partial charge in [0.2, 0.25) is 11.0 Å². The van der Waals surface area contributed by atoms with Crippen LogP contribution in [0.5, 0.6) is 5.75 Å². The molecule has 2 aromatic carbocycles. The summed E-state index contributed by atoms with van der Waals surface area (Å²) in [7, 11) is 1.69. The van der Waals surface area contributed by atoms with Gasteiger partial charge in [-0.05, 0) is 30.3 Å². The molecule has 1 aromatic heterocycles. The van der Waals surface area contributed by atoms with Crippen molar-refractivity contribution in [1.82, 2.24) is 0 Å². The first-order valence-electron chi connectivity index (χ1n) is 6.87. The molecule has 2 nitrogen and oxygen atoms in total. The van der Waals surface area contributed by atoms with Crippen molar-refractivity contribution in [2.24, 2.45) is 0 Å². The second-order valence-corrected chi connectivity index (χ2v) is 11.5. The summed E-state index contributed by atoms with van der Waals surface area (Å²) in [5.74, 6) is 0.902. The zero-order valence-corrected chi connectivity index (χ0v) is 16.3. The normalized spacial score (nSPS) is 14.2. The Morgan fingerprint density at radius 1 is 0.920 bits per heavy atom. The minimum absolute atomic E-state index is 0.897. The molecular weight excluding hydrogens is 478 g/mol. The number of thiazole rings is 1. The first-order valence-corrected chi connectivity index (χ1v) is 13.5. The number of hydrogen-bond donors (Lipinski definition) is 0. The Morgan fingerprint density at radius 3 is 2.04 bits per heavy atom. The summed E-state index contributed by atoms with van der Waals surface area (Å²) in [6.45, 7) is 0.897. The predicted molar refractivity (Wildman–Crippen MR) is 86.5 cm³/mol. The molecule has 0 aliphatic carbocycles. The Hall–Kier alpha value is -1.47. The van der Waals surface area contributed by atoms with E-state index in [9.17, 15) is 16.9 Å². The van der Waals surface area contributed by atoms with Gasteiger partial charge in [-0.2, -0.15) is 4.57 Å². The van der Waals surface area contributed by atoms with Crippen molar-refractivity contribution >= 4 is 41.0 Å². The fraction of sp³-hybridized carbons (Fsp3) is 0.133. The zero-order valence-electron chi connectivity index (χ0n) is 12.9. The molecule has 0 spiro atoms. The number of halogens is 6. The molecule has 0 N–H and O–H groups in total. The average molecular weight is 492 g/mol. The molecule has 0 fully saturated rings. The first-order chi connectivity index (χ1) is 11.3. The van der Waals surface area contributed by atoms with Crippen LogP contribution in [-0.2, 0) is 6.54 Å². The number of para-hydroxylation sites is 1. The van der Waals surface area contributed by atoms with Crippen LogP contribution in [0.1, 0.15) is 5.56 Å². The molecule has 1 heterocycles. The Kier molecular flexibility index (Phi) is 5.05. The van der Waals surface area contributed by atoms with Crippen molar-refractivity contribution in [2.75, 3.05) is 7.11 Å². The van der Waals surface area contributed by atoms with Crippen LogP contribution in [0.25, 0.3) is 10.2 Å². The molecular formula is C15H14F6NOSSb. The van der Waals surface area contributed by atoms with Crippen LogP contribution in [0.4, 0.5) is 16.9 Å². The van der Waals surface area contributed by atoms with Crippen molar-refractivity contribution in [3.8, 4) is 5.75 Å². The van der Waals surface area contributed by atoms with Crippen LogP contribution in [0.3, 0.4) is 0 Å². The van der Waals surface area contributed by atoms with Crippen LogP contribution in [0, 0.1) is 0 Å². The fourth-order valence-corrected chi connectivity index (χ4v) is 2.91. The van der Waals surface area contributed by atoms with Gasteiger partial charge in [-0.15, -0.1) is 0 Å². The predicted octanol–water partition coefficient (Wildman–Crippen LogP) is 5.39. The Bertz CT molecular complexity index is 850. The van der Waals surface area contributed by atoms with Gasteiger partial charge in [0.1, 0.15) is 10.4 Å². The third kappa shape index (κ3) is 7.96. The Balaban J connectivity index is 0.000000277. The first kappa shape index (κ1) is 19.8. The van der Waals surface area contributed by atoms with Gasteiger partial charge < -0.3 is 4.74 Å². The number of rotatable bonds is 3. The summed E-state index contributed by atoms with van der Waals surface area (Å²) in [4.78, 5) is 0. The summed E-state index contributed by atoms with van der Waals surface area (Å²) < 4.78 is 68.3. The van der Waals surface area contributed by atoms with Crippen molar-refractivity contribution in [3.63, 3.8) is 0 Å². The van der Waals surface area contributed by atoms with Crippen molar-refractivity contribution < 1.29 is 26.2 Å². The topological polar surface area (TPSA) is 13.1 Å². The quantitative estimate of drug-likeness (QED) is 0.272. The molecule has 0 unspecified atom stereocenters. The van der Waals surface area contributed by atoms with E-state index in [0.717, 1.165) is 12.3 Å². The molecule has 0 atom stereocenters. The van der Waals surface area contributed by atoms with Crippen LogP contribution in [0.15, 0.2) is 54.0 Å². The van der Waals surface area contributed by atoms with Gasteiger partial charge >= 0.3 is 36.4 Å². The minimum atomic E-state index is -11.2. The molecule has 0 radical (unpaired) electrons. The summed E-state index contributed by atoms with van der Waals surface area (Å²) in [6, 6.07) is 16.7. The van der Waals surface area contributed by atoms with Gasteiger partial charge in [-0.1, -0.05) is 23.5 Å². The van der Waals surface area contributed by atoms with E-state index in [1.807, 2.05) is 12.1 Å². The third-order valence-corrected chi connectivity index (χ3v) is 3.95. The van der Waals surface area contributed by atoms with E-state index in [4.69, 9.17) is 4.74 Å². The molecule has 0 bridgehead atoms. The summed E-state index contributed by atoms with van der Waals surface area (Å²) >= 11 is -9.47. The molecule has 25 heavy (non-hydrogen) atoms. The summed E-state index contributed by atoms with van der Waals surface area (Å²) in [5.41, 5.74) is 4.75. The Labute approximate surface area is 146 Å². The summed E-state index contributed by atoms with van der Waals surface area (Å²) in [6.07, 6.45) is 0. The maximum atomic E-state index is 9.93. The van der Waals surface area contributed by atoms with E-state index >= 15 is 0 Å². The second kappa shape index (κ2) is 6.36. The van der Waals surface area contributed by atoms with E-state index in [2.05, 4.69) is 46.5 Å². The number of benzene rings is 2. The number of nitrogens with zero attached hydrogens (tertiary/aromatic N) is 1. The van der Waals surface area contributed by atoms with Crippen LogP contribution < -0.4 is 9.30 Å². The Morgan fingerprint density at radius 2 is 1.48 bits per heavy atom. The summed E-state index contributed by atoms with van der Waals surface area (Å²) in [5, 5.41) is 0. The molecule has 0 aliphatic heterocycles. The third-order valence-electron chi connectivity index (χ3n) is 2.99. The standard InChI is InChI=1S/C15H14NOS.6FH.Sb/c1-17-13-8-6-12(7-9-13)10-16-11-18-15-5-3-2-4-14(15)16;;;;;;;/h2-9,11H,10H2,1H3;6*1H;/q+1;;;;;;;+5/p-6. The second-order valence-electron chi connectivity index (χ2n) is 5.13. The average Bonchev–Trinajstić information content (AvgIpc) is 2.88. The van der Waals surface area contributed by atoms with Gasteiger partial charge in [0, 0.05) is 11.6 Å². The van der Waals surface area contributed by atoms with E-state index in [0.29, 0.717) is 0 Å². The van der Waals surface area contributed by atoms with Gasteiger partial charge in [0.15, 0.2) is 6.54 Å². The molecule has 10 heteroatoms. The van der Waals surface area contributed by atoms with Crippen LogP contribution in [-0.4, -0.2) is 26.6 Å². The van der Waals surface area contributed by atoms with Gasteiger partial charge in [-0.25, -0.2) is 0 Å². The zero-order chi connectivity index (χ0) is 18.8. The molecule has 3 rings (SSSR count). The molecule has 0 aliphatic rings. The van der Waals surface area contributed by atoms with Crippen molar-refractivity contribution in [3.05, 3.63) is 59.6 Å². The van der Waals surface area contributed by atoms with Crippen molar-refractivity contribution in [2.45, 2.75) is 6.54 Å². The number of methoxy groups -OCH3 is 1. The van der Waals surface area contributed by atoms with E-state index in [1.54, 1.807) is 18.4 Å². The monoisotopic (exact) mass is 491 g/mol. The van der Waals surface area contributed by atoms with Gasteiger partial charge in [-0.3, -0.25) is 0 Å². The number of ether oxygens (including phenoxy) is 1. The van der Waals surface area contributed by atoms with Gasteiger partial charge in [0.25, 0.3) is 0 Å². The van der Waals surface area contributed by atoms with Gasteiger partial charge in [0.05, 0.1) is 7.11 Å². The molecule has 0 saturated heterocycles. The molecule has 3 aromatic rings. The van der Waals surface area contributed by atoms with E-state index in [-0.39, 0.29) is 0 Å². The fourth-order valence-electron chi connectivity index (χ4n) is 2.02. The van der Waals surface area contributed by atoms with E-state index in [1.165, 1.54) is 15.8 Å².